The van der Waals surface area contributed by atoms with Crippen molar-refractivity contribution in [3.63, 3.8) is 0 Å². The van der Waals surface area contributed by atoms with Crippen LogP contribution in [0.4, 0.5) is 5.69 Å². The Morgan fingerprint density at radius 3 is 3.05 bits per heavy atom. The summed E-state index contributed by atoms with van der Waals surface area (Å²) in [4.78, 5) is 12.4. The fourth-order valence-corrected chi connectivity index (χ4v) is 3.19. The Kier molecular flexibility index (Phi) is 4.31. The first-order chi connectivity index (χ1) is 10.1. The van der Waals surface area contributed by atoms with Crippen molar-refractivity contribution in [3.05, 3.63) is 44.0 Å². The average molecular weight is 324 g/mol. The number of anilines is 1. The molecule has 0 bridgehead atoms. The average Bonchev–Trinajstić information content (AvgIpc) is 3.13. The van der Waals surface area contributed by atoms with Crippen LogP contribution in [-0.4, -0.2) is 15.8 Å². The van der Waals surface area contributed by atoms with Crippen molar-refractivity contribution in [2.24, 2.45) is 5.92 Å². The van der Waals surface area contributed by atoms with Crippen molar-refractivity contribution in [3.8, 4) is 0 Å². The van der Waals surface area contributed by atoms with Crippen molar-refractivity contribution in [2.75, 3.05) is 5.32 Å². The van der Waals surface area contributed by atoms with E-state index in [2.05, 4.69) is 34.2 Å². The van der Waals surface area contributed by atoms with E-state index in [0.717, 1.165) is 6.42 Å². The van der Waals surface area contributed by atoms with E-state index in [-0.39, 0.29) is 11.6 Å². The van der Waals surface area contributed by atoms with Gasteiger partial charge < -0.3 is 5.32 Å². The molecule has 2 heterocycles. The van der Waals surface area contributed by atoms with Crippen molar-refractivity contribution in [2.45, 2.75) is 38.8 Å². The molecule has 1 aliphatic rings. The number of aromatic nitrogens is 2. The highest BCUT2D eigenvalue weighted by Gasteiger charge is 2.23. The van der Waals surface area contributed by atoms with Gasteiger partial charge in [-0.2, -0.15) is 16.4 Å². The highest BCUT2D eigenvalue weighted by atomic mass is 35.5. The third kappa shape index (κ3) is 3.66. The van der Waals surface area contributed by atoms with E-state index in [4.69, 9.17) is 11.6 Å². The predicted molar refractivity (Wildman–Crippen MR) is 87.3 cm³/mol. The van der Waals surface area contributed by atoms with Crippen LogP contribution in [-0.2, 0) is 13.0 Å². The molecule has 0 aliphatic heterocycles. The quantitative estimate of drug-likeness (QED) is 0.886. The molecule has 112 valence electrons. The molecular weight excluding hydrogens is 306 g/mol. The Balaban J connectivity index is 1.75. The van der Waals surface area contributed by atoms with E-state index >= 15 is 0 Å². The highest BCUT2D eigenvalue weighted by molar-refractivity contribution is 7.07. The summed E-state index contributed by atoms with van der Waals surface area (Å²) >= 11 is 7.82. The molecule has 3 rings (SSSR count). The van der Waals surface area contributed by atoms with Gasteiger partial charge in [0.2, 0.25) is 0 Å². The zero-order valence-corrected chi connectivity index (χ0v) is 13.5. The molecule has 0 radical (unpaired) electrons. The third-order valence-corrected chi connectivity index (χ3v) is 4.66. The summed E-state index contributed by atoms with van der Waals surface area (Å²) in [6.45, 7) is 2.75. The van der Waals surface area contributed by atoms with Crippen LogP contribution in [0.5, 0.6) is 0 Å². The van der Waals surface area contributed by atoms with Gasteiger partial charge >= 0.3 is 0 Å². The maximum absolute atomic E-state index is 12.4. The summed E-state index contributed by atoms with van der Waals surface area (Å²) in [6.07, 6.45) is 4.80. The molecule has 0 spiro atoms. The molecule has 1 atom stereocenters. The molecule has 1 unspecified atom stereocenters. The fourth-order valence-electron chi connectivity index (χ4n) is 2.33. The lowest BCUT2D eigenvalue weighted by molar-refractivity contribution is 0.534. The van der Waals surface area contributed by atoms with Gasteiger partial charge in [0.1, 0.15) is 5.69 Å². The first-order valence-corrected chi connectivity index (χ1v) is 8.49. The van der Waals surface area contributed by atoms with E-state index in [1.807, 2.05) is 0 Å². The second-order valence-corrected chi connectivity index (χ2v) is 6.87. The Bertz CT molecular complexity index is 664. The molecular formula is C15H18ClN3OS. The summed E-state index contributed by atoms with van der Waals surface area (Å²) in [5.74, 6) is 0.604. The van der Waals surface area contributed by atoms with Crippen LogP contribution in [0.2, 0.25) is 5.02 Å². The van der Waals surface area contributed by atoms with Crippen LogP contribution in [0.25, 0.3) is 0 Å². The minimum atomic E-state index is -0.119. The number of halogens is 1. The van der Waals surface area contributed by atoms with Crippen molar-refractivity contribution in [1.82, 2.24) is 9.78 Å². The zero-order valence-electron chi connectivity index (χ0n) is 11.9. The number of rotatable bonds is 6. The first kappa shape index (κ1) is 14.6. The Labute approximate surface area is 132 Å². The van der Waals surface area contributed by atoms with Crippen LogP contribution >= 0.6 is 22.9 Å². The van der Waals surface area contributed by atoms with E-state index in [0.29, 0.717) is 23.2 Å². The van der Waals surface area contributed by atoms with Crippen molar-refractivity contribution >= 4 is 28.6 Å². The number of nitrogens with zero attached hydrogens (tertiary/aromatic N) is 2. The molecule has 21 heavy (non-hydrogen) atoms. The Hall–Kier alpha value is -1.33. The monoisotopic (exact) mass is 323 g/mol. The van der Waals surface area contributed by atoms with Crippen LogP contribution in [0.15, 0.2) is 27.8 Å². The second kappa shape index (κ2) is 6.20. The number of thiophene rings is 1. The van der Waals surface area contributed by atoms with E-state index < -0.39 is 0 Å². The van der Waals surface area contributed by atoms with Gasteiger partial charge in [0.25, 0.3) is 5.56 Å². The van der Waals surface area contributed by atoms with Crippen LogP contribution in [0, 0.1) is 5.92 Å². The summed E-state index contributed by atoms with van der Waals surface area (Å²) in [6, 6.07) is 2.24. The smallest absolute Gasteiger partial charge is 0.291 e. The largest absolute Gasteiger partial charge is 0.376 e. The van der Waals surface area contributed by atoms with Crippen molar-refractivity contribution in [1.29, 1.82) is 0 Å². The molecule has 1 aliphatic carbocycles. The molecule has 2 aromatic rings. The molecule has 1 fully saturated rings. The summed E-state index contributed by atoms with van der Waals surface area (Å²) < 4.78 is 1.53. The summed E-state index contributed by atoms with van der Waals surface area (Å²) in [5.41, 5.74) is 1.62. The van der Waals surface area contributed by atoms with E-state index in [9.17, 15) is 4.79 Å². The van der Waals surface area contributed by atoms with Crippen LogP contribution in [0.1, 0.15) is 25.3 Å². The number of nitrogens with one attached hydrogen (secondary N) is 1. The lowest BCUT2D eigenvalue weighted by Crippen LogP contribution is -2.30. The van der Waals surface area contributed by atoms with Gasteiger partial charge in [-0.05, 0) is 54.5 Å². The molecule has 4 nitrogen and oxygen atoms in total. The molecule has 0 saturated heterocycles. The third-order valence-electron chi connectivity index (χ3n) is 3.64. The molecule has 0 aromatic carbocycles. The maximum Gasteiger partial charge on any atom is 0.291 e. The first-order valence-electron chi connectivity index (χ1n) is 7.16. The normalized spacial score (nSPS) is 15.9. The van der Waals surface area contributed by atoms with Gasteiger partial charge in [-0.3, -0.25) is 4.79 Å². The molecule has 1 saturated carbocycles. The van der Waals surface area contributed by atoms with Crippen LogP contribution < -0.4 is 10.9 Å². The molecule has 1 N–H and O–H groups in total. The predicted octanol–water partition coefficient (Wildman–Crippen LogP) is 3.41. The van der Waals surface area contributed by atoms with E-state index in [1.54, 1.807) is 17.5 Å². The zero-order chi connectivity index (χ0) is 14.8. The van der Waals surface area contributed by atoms with Gasteiger partial charge in [-0.25, -0.2) is 4.68 Å². The van der Waals surface area contributed by atoms with Crippen LogP contribution in [0.3, 0.4) is 0 Å². The molecule has 2 aromatic heterocycles. The summed E-state index contributed by atoms with van der Waals surface area (Å²) in [7, 11) is 0. The minimum Gasteiger partial charge on any atom is -0.376 e. The molecule has 0 amide bonds. The standard InChI is InChI=1S/C15H18ClN3OS/c1-10(6-12-4-5-21-9-12)18-14-13(16)7-17-19(15(14)20)8-11-2-3-11/h4-5,7,9-11,18H,2-3,6,8H2,1H3. The lowest BCUT2D eigenvalue weighted by Gasteiger charge is -2.16. The van der Waals surface area contributed by atoms with Crippen molar-refractivity contribution < 1.29 is 0 Å². The second-order valence-electron chi connectivity index (χ2n) is 5.68. The van der Waals surface area contributed by atoms with Gasteiger partial charge in [-0.15, -0.1) is 0 Å². The fraction of sp³-hybridized carbons (Fsp3) is 0.467. The van der Waals surface area contributed by atoms with Gasteiger partial charge in [-0.1, -0.05) is 11.6 Å². The van der Waals surface area contributed by atoms with Gasteiger partial charge in [0.05, 0.1) is 11.2 Å². The maximum atomic E-state index is 12.4. The number of hydrogen-bond acceptors (Lipinski definition) is 4. The van der Waals surface area contributed by atoms with Gasteiger partial charge in [0.15, 0.2) is 0 Å². The van der Waals surface area contributed by atoms with E-state index in [1.165, 1.54) is 23.1 Å². The van der Waals surface area contributed by atoms with Gasteiger partial charge in [0, 0.05) is 12.6 Å². The lowest BCUT2D eigenvalue weighted by atomic mass is 10.1. The Morgan fingerprint density at radius 2 is 2.38 bits per heavy atom. The molecule has 6 heteroatoms. The highest BCUT2D eigenvalue weighted by Crippen LogP contribution is 2.30. The Morgan fingerprint density at radius 1 is 1.57 bits per heavy atom. The topological polar surface area (TPSA) is 46.9 Å². The summed E-state index contributed by atoms with van der Waals surface area (Å²) in [5, 5.41) is 12.0. The minimum absolute atomic E-state index is 0.119. The SMILES string of the molecule is CC(Cc1ccsc1)Nc1c(Cl)cnn(CC2CC2)c1=O. The number of hydrogen-bond donors (Lipinski definition) is 1.